The van der Waals surface area contributed by atoms with Crippen LogP contribution < -0.4 is 11.1 Å². The number of nitrogens with one attached hydrogen (secondary N) is 2. The Morgan fingerprint density at radius 3 is 2.24 bits per heavy atom. The number of aryl methyl sites for hydroxylation is 1. The van der Waals surface area contributed by atoms with Crippen LogP contribution in [0.1, 0.15) is 24.0 Å². The summed E-state index contributed by atoms with van der Waals surface area (Å²) in [6.07, 6.45) is 3.18. The molecule has 33 heavy (non-hydrogen) atoms. The maximum Gasteiger partial charge on any atom is 0.320 e. The lowest BCUT2D eigenvalue weighted by atomic mass is 10.1. The molecule has 0 unspecified atom stereocenters. The number of carbonyl (C=O) groups is 3. The molecule has 2 aromatic carbocycles. The van der Waals surface area contributed by atoms with E-state index in [4.69, 9.17) is 21.1 Å². The normalized spacial score (nSPS) is 12.4. The van der Waals surface area contributed by atoms with Gasteiger partial charge in [0.05, 0.1) is 6.42 Å². The molecule has 0 amide bonds. The minimum absolute atomic E-state index is 0.0743. The fourth-order valence-electron chi connectivity index (χ4n) is 3.25. The summed E-state index contributed by atoms with van der Waals surface area (Å²) in [5, 5.41) is 30.0. The molecule has 9 nitrogen and oxygen atoms in total. The Morgan fingerprint density at radius 2 is 1.61 bits per heavy atom. The first-order valence-corrected chi connectivity index (χ1v) is 10.5. The molecule has 7 N–H and O–H groups in total. The zero-order chi connectivity index (χ0) is 24.2. The number of rotatable bonds is 11. The van der Waals surface area contributed by atoms with E-state index < -0.39 is 30.0 Å². The van der Waals surface area contributed by atoms with Gasteiger partial charge in [0.2, 0.25) is 0 Å². The second-order valence-corrected chi connectivity index (χ2v) is 7.52. The molecule has 0 spiro atoms. The molecule has 2 atom stereocenters. The number of hydrogen-bond donors (Lipinski definition) is 6. The Hall–Kier alpha value is -3.69. The van der Waals surface area contributed by atoms with Crippen LogP contribution >= 0.6 is 0 Å². The van der Waals surface area contributed by atoms with Crippen molar-refractivity contribution in [2.45, 2.75) is 37.8 Å². The van der Waals surface area contributed by atoms with Gasteiger partial charge in [-0.15, -0.1) is 0 Å². The lowest BCUT2D eigenvalue weighted by Crippen LogP contribution is -2.38. The van der Waals surface area contributed by atoms with Crippen molar-refractivity contribution in [3.8, 4) is 0 Å². The van der Waals surface area contributed by atoms with E-state index in [1.807, 2.05) is 60.8 Å². The second kappa shape index (κ2) is 13.0. The molecule has 1 aromatic heterocycles. The number of H-pyrrole nitrogens is 1. The molecule has 3 rings (SSSR count). The molecular formula is C24H29N3O6. The number of aromatic nitrogens is 1. The molecule has 0 saturated carbocycles. The van der Waals surface area contributed by atoms with E-state index in [0.717, 1.165) is 22.0 Å². The zero-order valence-electron chi connectivity index (χ0n) is 18.1. The Kier molecular flexibility index (Phi) is 10.1. The third-order valence-corrected chi connectivity index (χ3v) is 5.02. The summed E-state index contributed by atoms with van der Waals surface area (Å²) in [6.45, 7) is 0.168. The number of carboxylic acid groups (broad SMARTS) is 3. The average Bonchev–Trinajstić information content (AvgIpc) is 3.19. The fraction of sp³-hybridized carbons (Fsp3) is 0.292. The van der Waals surface area contributed by atoms with E-state index in [1.54, 1.807) is 0 Å². The van der Waals surface area contributed by atoms with Gasteiger partial charge < -0.3 is 31.4 Å². The highest BCUT2D eigenvalue weighted by molar-refractivity contribution is 5.84. The molecule has 9 heteroatoms. The lowest BCUT2D eigenvalue weighted by Gasteiger charge is -2.13. The lowest BCUT2D eigenvalue weighted by molar-refractivity contribution is -0.141. The van der Waals surface area contributed by atoms with Crippen LogP contribution in [0.25, 0.3) is 10.9 Å². The highest BCUT2D eigenvalue weighted by Crippen LogP contribution is 2.18. The highest BCUT2D eigenvalue weighted by atomic mass is 16.4. The highest BCUT2D eigenvalue weighted by Gasteiger charge is 2.16. The van der Waals surface area contributed by atoms with Gasteiger partial charge in [-0.1, -0.05) is 48.5 Å². The predicted octanol–water partition coefficient (Wildman–Crippen LogP) is 2.26. The molecule has 0 fully saturated rings. The van der Waals surface area contributed by atoms with E-state index in [1.165, 1.54) is 0 Å². The minimum atomic E-state index is -0.972. The maximum atomic E-state index is 11.0. The second-order valence-electron chi connectivity index (χ2n) is 7.52. The molecule has 0 aliphatic carbocycles. The van der Waals surface area contributed by atoms with E-state index in [9.17, 15) is 14.4 Å². The van der Waals surface area contributed by atoms with Crippen LogP contribution in [0.5, 0.6) is 0 Å². The van der Waals surface area contributed by atoms with Crippen LogP contribution in [-0.2, 0) is 27.2 Å². The van der Waals surface area contributed by atoms with Gasteiger partial charge in [0.1, 0.15) is 12.1 Å². The molecule has 1 heterocycles. The SMILES string of the molecule is N[C@@H](Cc1c[nH]c2ccccc12)C(=O)O.O=C(O)CCN[C@H](CCc1ccccc1)C(=O)O. The Balaban J connectivity index is 0.000000237. The van der Waals surface area contributed by atoms with Gasteiger partial charge in [0.15, 0.2) is 0 Å². The van der Waals surface area contributed by atoms with Crippen LogP contribution in [-0.4, -0.2) is 56.8 Å². The van der Waals surface area contributed by atoms with Crippen molar-refractivity contribution in [3.05, 3.63) is 71.9 Å². The summed E-state index contributed by atoms with van der Waals surface area (Å²) in [7, 11) is 0. The molecule has 0 bridgehead atoms. The first-order valence-electron chi connectivity index (χ1n) is 10.5. The van der Waals surface area contributed by atoms with Crippen LogP contribution in [0.15, 0.2) is 60.8 Å². The summed E-state index contributed by atoms with van der Waals surface area (Å²) < 4.78 is 0. The number of carboxylic acids is 3. The topological polar surface area (TPSA) is 166 Å². The first-order chi connectivity index (χ1) is 15.8. The number of hydrogen-bond acceptors (Lipinski definition) is 5. The van der Waals surface area contributed by atoms with E-state index in [-0.39, 0.29) is 13.0 Å². The molecule has 0 aliphatic rings. The Bertz CT molecular complexity index is 1050. The van der Waals surface area contributed by atoms with Gasteiger partial charge in [-0.25, -0.2) is 0 Å². The van der Waals surface area contributed by atoms with Gasteiger partial charge in [-0.3, -0.25) is 14.4 Å². The van der Waals surface area contributed by atoms with E-state index in [2.05, 4.69) is 10.3 Å². The number of nitrogens with two attached hydrogens (primary N) is 1. The van der Waals surface area contributed by atoms with Crippen molar-refractivity contribution in [2.24, 2.45) is 5.73 Å². The van der Waals surface area contributed by atoms with Crippen molar-refractivity contribution in [3.63, 3.8) is 0 Å². The molecule has 3 aromatic rings. The van der Waals surface area contributed by atoms with Gasteiger partial charge in [-0.2, -0.15) is 0 Å². The summed E-state index contributed by atoms with van der Waals surface area (Å²) in [6, 6.07) is 15.8. The number of benzene rings is 2. The average molecular weight is 456 g/mol. The van der Waals surface area contributed by atoms with Crippen molar-refractivity contribution in [2.75, 3.05) is 6.54 Å². The zero-order valence-corrected chi connectivity index (χ0v) is 18.1. The van der Waals surface area contributed by atoms with E-state index >= 15 is 0 Å². The third kappa shape index (κ3) is 8.76. The number of aromatic amines is 1. The Morgan fingerprint density at radius 1 is 0.939 bits per heavy atom. The summed E-state index contributed by atoms with van der Waals surface area (Å²) in [4.78, 5) is 35.0. The summed E-state index contributed by atoms with van der Waals surface area (Å²) in [5.41, 5.74) is 8.51. The number of para-hydroxylation sites is 1. The van der Waals surface area contributed by atoms with Crippen molar-refractivity contribution < 1.29 is 29.7 Å². The fourth-order valence-corrected chi connectivity index (χ4v) is 3.25. The largest absolute Gasteiger partial charge is 0.481 e. The molecular weight excluding hydrogens is 426 g/mol. The summed E-state index contributed by atoms with van der Waals surface area (Å²) in [5.74, 6) is -2.86. The van der Waals surface area contributed by atoms with Crippen LogP contribution in [0, 0.1) is 0 Å². The summed E-state index contributed by atoms with van der Waals surface area (Å²) >= 11 is 0. The molecule has 176 valence electrons. The molecule has 0 saturated heterocycles. The molecule has 0 radical (unpaired) electrons. The maximum absolute atomic E-state index is 11.0. The van der Waals surface area contributed by atoms with Crippen molar-refractivity contribution >= 4 is 28.8 Å². The van der Waals surface area contributed by atoms with Crippen LogP contribution in [0.4, 0.5) is 0 Å². The smallest absolute Gasteiger partial charge is 0.320 e. The first kappa shape index (κ1) is 25.6. The third-order valence-electron chi connectivity index (χ3n) is 5.02. The Labute approximate surface area is 191 Å². The quantitative estimate of drug-likeness (QED) is 0.256. The number of fused-ring (bicyclic) bond motifs is 1. The van der Waals surface area contributed by atoms with Gasteiger partial charge in [0, 0.05) is 30.1 Å². The predicted molar refractivity (Wildman–Crippen MR) is 124 cm³/mol. The minimum Gasteiger partial charge on any atom is -0.481 e. The standard InChI is InChI=1S/C13H17NO4.C11H12N2O2/c15-12(16)8-9-14-11(13(17)18)7-6-10-4-2-1-3-5-10;12-9(11(14)15)5-7-6-13-10-4-2-1-3-8(7)10/h1-5,11,14H,6-9H2,(H,15,16)(H,17,18);1-4,6,9,13H,5,12H2,(H,14,15)/t11-;9-/m10/s1. The van der Waals surface area contributed by atoms with Crippen LogP contribution in [0.3, 0.4) is 0 Å². The van der Waals surface area contributed by atoms with E-state index in [0.29, 0.717) is 19.3 Å². The van der Waals surface area contributed by atoms with Crippen LogP contribution in [0.2, 0.25) is 0 Å². The molecule has 0 aliphatic heterocycles. The number of aliphatic carboxylic acids is 3. The monoisotopic (exact) mass is 455 g/mol. The van der Waals surface area contributed by atoms with Gasteiger partial charge in [0.25, 0.3) is 0 Å². The van der Waals surface area contributed by atoms with Crippen molar-refractivity contribution in [1.29, 1.82) is 0 Å². The van der Waals surface area contributed by atoms with Gasteiger partial charge >= 0.3 is 17.9 Å². The van der Waals surface area contributed by atoms with Crippen molar-refractivity contribution in [1.82, 2.24) is 10.3 Å². The van der Waals surface area contributed by atoms with Gasteiger partial charge in [-0.05, 0) is 30.0 Å².